The molecule has 0 spiro atoms. The largest absolute Gasteiger partial charge is 0.493 e. The van der Waals surface area contributed by atoms with Gasteiger partial charge in [0.1, 0.15) is 0 Å². The molecule has 29 heavy (non-hydrogen) atoms. The van der Waals surface area contributed by atoms with Gasteiger partial charge in [0.05, 0.1) is 12.7 Å². The zero-order chi connectivity index (χ0) is 20.4. The molecule has 156 valence electrons. The molecule has 8 heteroatoms. The monoisotopic (exact) mass is 408 g/mol. The van der Waals surface area contributed by atoms with Crippen molar-refractivity contribution in [3.8, 4) is 17.2 Å². The van der Waals surface area contributed by atoms with Crippen LogP contribution in [0.25, 0.3) is 0 Å². The van der Waals surface area contributed by atoms with E-state index in [1.54, 1.807) is 19.2 Å². The molecule has 2 aliphatic heterocycles. The summed E-state index contributed by atoms with van der Waals surface area (Å²) in [4.78, 5) is 4.61. The van der Waals surface area contributed by atoms with Crippen LogP contribution >= 0.6 is 0 Å². The lowest BCUT2D eigenvalue weighted by Crippen LogP contribution is -2.45. The van der Waals surface area contributed by atoms with E-state index in [1.165, 1.54) is 0 Å². The van der Waals surface area contributed by atoms with E-state index < -0.39 is 11.7 Å². The van der Waals surface area contributed by atoms with Crippen LogP contribution in [0, 0.1) is 0 Å². The van der Waals surface area contributed by atoms with Crippen LogP contribution in [0.15, 0.2) is 36.4 Å². The lowest BCUT2D eigenvalue weighted by molar-refractivity contribution is -0.137. The standard InChI is InChI=1S/C21H23F3N2O3/c1-27-18-10-16(11-19-20(18)29-14-28-19)13-26-8-6-25(7-9-26)12-15-2-4-17(5-3-15)21(22,23)24/h2-5,10-11H,6-9,12-14H2,1H3. The highest BCUT2D eigenvalue weighted by Gasteiger charge is 2.30. The molecule has 0 unspecified atom stereocenters. The molecule has 1 fully saturated rings. The number of fused-ring (bicyclic) bond motifs is 1. The quantitative estimate of drug-likeness (QED) is 0.753. The van der Waals surface area contributed by atoms with Crippen LogP contribution in [0.2, 0.25) is 0 Å². The maximum absolute atomic E-state index is 12.7. The van der Waals surface area contributed by atoms with Crippen LogP contribution in [0.3, 0.4) is 0 Å². The molecule has 0 atom stereocenters. The first-order valence-corrected chi connectivity index (χ1v) is 9.50. The summed E-state index contributed by atoms with van der Waals surface area (Å²) in [5.41, 5.74) is 1.39. The van der Waals surface area contributed by atoms with Gasteiger partial charge in [-0.2, -0.15) is 13.2 Å². The van der Waals surface area contributed by atoms with Crippen LogP contribution in [-0.2, 0) is 19.3 Å². The highest BCUT2D eigenvalue weighted by Crippen LogP contribution is 2.42. The van der Waals surface area contributed by atoms with Gasteiger partial charge >= 0.3 is 6.18 Å². The van der Waals surface area contributed by atoms with E-state index in [2.05, 4.69) is 9.80 Å². The van der Waals surface area contributed by atoms with Crippen molar-refractivity contribution < 1.29 is 27.4 Å². The van der Waals surface area contributed by atoms with E-state index in [9.17, 15) is 13.2 Å². The predicted molar refractivity (Wildman–Crippen MR) is 101 cm³/mol. The highest BCUT2D eigenvalue weighted by molar-refractivity contribution is 5.55. The Morgan fingerprint density at radius 2 is 1.52 bits per heavy atom. The van der Waals surface area contributed by atoms with Crippen molar-refractivity contribution >= 4 is 0 Å². The SMILES string of the molecule is COc1cc(CN2CCN(Cc3ccc(C(F)(F)F)cc3)CC2)cc2c1OCO2. The molecule has 0 amide bonds. The van der Waals surface area contributed by atoms with Gasteiger partial charge in [0.25, 0.3) is 0 Å². The molecule has 4 rings (SSSR count). The van der Waals surface area contributed by atoms with Crippen LogP contribution in [0.4, 0.5) is 13.2 Å². The number of hydrogen-bond donors (Lipinski definition) is 0. The molecule has 2 aromatic rings. The number of methoxy groups -OCH3 is 1. The van der Waals surface area contributed by atoms with Crippen LogP contribution in [0.5, 0.6) is 17.2 Å². The Labute approximate surface area is 167 Å². The first-order valence-electron chi connectivity index (χ1n) is 9.50. The second kappa shape index (κ2) is 8.12. The number of ether oxygens (including phenoxy) is 3. The van der Waals surface area contributed by atoms with Crippen molar-refractivity contribution in [2.75, 3.05) is 40.1 Å². The molecule has 0 aliphatic carbocycles. The molecule has 0 N–H and O–H groups in total. The predicted octanol–water partition coefficient (Wildman–Crippen LogP) is 3.76. The third kappa shape index (κ3) is 4.59. The van der Waals surface area contributed by atoms with Crippen molar-refractivity contribution in [3.63, 3.8) is 0 Å². The van der Waals surface area contributed by atoms with Gasteiger partial charge in [-0.05, 0) is 35.4 Å². The maximum Gasteiger partial charge on any atom is 0.416 e. The zero-order valence-electron chi connectivity index (χ0n) is 16.2. The van der Waals surface area contributed by atoms with Crippen molar-refractivity contribution in [1.82, 2.24) is 9.80 Å². The third-order valence-electron chi connectivity index (χ3n) is 5.28. The molecule has 0 saturated carbocycles. The Morgan fingerprint density at radius 3 is 2.10 bits per heavy atom. The molecule has 2 aromatic carbocycles. The third-order valence-corrected chi connectivity index (χ3v) is 5.28. The smallest absolute Gasteiger partial charge is 0.416 e. The molecule has 0 aromatic heterocycles. The van der Waals surface area contributed by atoms with Gasteiger partial charge in [-0.15, -0.1) is 0 Å². The Balaban J connectivity index is 1.31. The number of rotatable bonds is 5. The minimum Gasteiger partial charge on any atom is -0.493 e. The average Bonchev–Trinajstić information content (AvgIpc) is 3.17. The van der Waals surface area contributed by atoms with Crippen LogP contribution in [0.1, 0.15) is 16.7 Å². The fourth-order valence-corrected chi connectivity index (χ4v) is 3.70. The molecule has 2 aliphatic rings. The van der Waals surface area contributed by atoms with Gasteiger partial charge in [-0.25, -0.2) is 0 Å². The van der Waals surface area contributed by atoms with Crippen molar-refractivity contribution in [2.24, 2.45) is 0 Å². The van der Waals surface area contributed by atoms with E-state index in [0.29, 0.717) is 23.8 Å². The first-order chi connectivity index (χ1) is 13.9. The summed E-state index contributed by atoms with van der Waals surface area (Å²) < 4.78 is 54.4. The van der Waals surface area contributed by atoms with E-state index in [0.717, 1.165) is 56.0 Å². The lowest BCUT2D eigenvalue weighted by atomic mass is 10.1. The average molecular weight is 408 g/mol. The Hall–Kier alpha value is -2.45. The Morgan fingerprint density at radius 1 is 0.897 bits per heavy atom. The topological polar surface area (TPSA) is 34.2 Å². The number of halogens is 3. The number of hydrogen-bond acceptors (Lipinski definition) is 5. The summed E-state index contributed by atoms with van der Waals surface area (Å²) in [6.07, 6.45) is -4.29. The fourth-order valence-electron chi connectivity index (χ4n) is 3.70. The van der Waals surface area contributed by atoms with Gasteiger partial charge in [-0.1, -0.05) is 12.1 Å². The van der Waals surface area contributed by atoms with Gasteiger partial charge in [0, 0.05) is 39.3 Å². The fraction of sp³-hybridized carbons (Fsp3) is 0.429. The Kier molecular flexibility index (Phi) is 5.56. The normalized spacial score (nSPS) is 17.5. The number of piperazine rings is 1. The molecule has 2 heterocycles. The minimum atomic E-state index is -4.29. The van der Waals surface area contributed by atoms with Crippen molar-refractivity contribution in [2.45, 2.75) is 19.3 Å². The second-order valence-electron chi connectivity index (χ2n) is 7.28. The van der Waals surface area contributed by atoms with E-state index in [4.69, 9.17) is 14.2 Å². The highest BCUT2D eigenvalue weighted by atomic mass is 19.4. The molecular weight excluding hydrogens is 385 g/mol. The number of alkyl halides is 3. The van der Waals surface area contributed by atoms with Crippen LogP contribution < -0.4 is 14.2 Å². The summed E-state index contributed by atoms with van der Waals surface area (Å²) >= 11 is 0. The van der Waals surface area contributed by atoms with Gasteiger partial charge in [0.15, 0.2) is 11.5 Å². The molecule has 0 bridgehead atoms. The zero-order valence-corrected chi connectivity index (χ0v) is 16.2. The van der Waals surface area contributed by atoms with E-state index in [1.807, 2.05) is 12.1 Å². The maximum atomic E-state index is 12.7. The molecular formula is C21H23F3N2O3. The van der Waals surface area contributed by atoms with Gasteiger partial charge in [0.2, 0.25) is 12.5 Å². The minimum absolute atomic E-state index is 0.206. The second-order valence-corrected chi connectivity index (χ2v) is 7.28. The van der Waals surface area contributed by atoms with Gasteiger partial charge < -0.3 is 14.2 Å². The number of nitrogens with zero attached hydrogens (tertiary/aromatic N) is 2. The molecule has 0 radical (unpaired) electrons. The van der Waals surface area contributed by atoms with Crippen LogP contribution in [-0.4, -0.2) is 49.9 Å². The summed E-state index contributed by atoms with van der Waals surface area (Å²) in [6, 6.07) is 9.39. The summed E-state index contributed by atoms with van der Waals surface area (Å²) in [6.45, 7) is 5.14. The van der Waals surface area contributed by atoms with E-state index >= 15 is 0 Å². The molecule has 1 saturated heterocycles. The summed E-state index contributed by atoms with van der Waals surface area (Å²) in [5.74, 6) is 2.04. The van der Waals surface area contributed by atoms with Gasteiger partial charge in [-0.3, -0.25) is 9.80 Å². The first kappa shape index (κ1) is 19.8. The molecule has 5 nitrogen and oxygen atoms in total. The summed E-state index contributed by atoms with van der Waals surface area (Å²) in [7, 11) is 1.61. The van der Waals surface area contributed by atoms with Crippen molar-refractivity contribution in [3.05, 3.63) is 53.1 Å². The lowest BCUT2D eigenvalue weighted by Gasteiger charge is -2.34. The van der Waals surface area contributed by atoms with E-state index in [-0.39, 0.29) is 6.79 Å². The summed E-state index contributed by atoms with van der Waals surface area (Å²) in [5, 5.41) is 0. The van der Waals surface area contributed by atoms with Crippen molar-refractivity contribution in [1.29, 1.82) is 0 Å². The Bertz CT molecular complexity index is 847. The number of benzene rings is 2.